The number of aromatic nitrogens is 3. The molecule has 0 aliphatic carbocycles. The van der Waals surface area contributed by atoms with Gasteiger partial charge in [0.15, 0.2) is 0 Å². The molecule has 0 bridgehead atoms. The Balaban J connectivity index is 1.66. The molecule has 0 saturated carbocycles. The summed E-state index contributed by atoms with van der Waals surface area (Å²) in [5.74, 6) is 1.00. The van der Waals surface area contributed by atoms with Gasteiger partial charge in [-0.2, -0.15) is 9.97 Å². The van der Waals surface area contributed by atoms with Gasteiger partial charge in [-0.1, -0.05) is 78.4 Å². The van der Waals surface area contributed by atoms with Crippen molar-refractivity contribution in [3.05, 3.63) is 115 Å². The van der Waals surface area contributed by atoms with Gasteiger partial charge in [-0.15, -0.1) is 4.98 Å². The summed E-state index contributed by atoms with van der Waals surface area (Å²) in [6, 6.07) is 31.6. The van der Waals surface area contributed by atoms with Gasteiger partial charge in [0, 0.05) is 10.6 Å². The van der Waals surface area contributed by atoms with Crippen molar-refractivity contribution in [2.45, 2.75) is 6.92 Å². The summed E-state index contributed by atoms with van der Waals surface area (Å²) >= 11 is 0. The molecule has 1 heterocycles. The third-order valence-corrected chi connectivity index (χ3v) is 8.19. The smallest absolute Gasteiger partial charge is 0.328 e. The molecule has 0 unspecified atom stereocenters. The number of ether oxygens (including phenoxy) is 2. The number of hydrogen-bond acceptors (Lipinski definition) is 7. The van der Waals surface area contributed by atoms with E-state index in [9.17, 15) is 9.67 Å². The van der Waals surface area contributed by atoms with Crippen molar-refractivity contribution in [3.63, 3.8) is 0 Å². The molecule has 0 atom stereocenters. The van der Waals surface area contributed by atoms with Crippen LogP contribution in [0.25, 0.3) is 0 Å². The summed E-state index contributed by atoms with van der Waals surface area (Å²) in [5.41, 5.74) is 1.11. The molecular formula is C28H22N3O4P. The van der Waals surface area contributed by atoms with E-state index >= 15 is 0 Å². The lowest BCUT2D eigenvalue weighted by atomic mass is 10.2. The maximum Gasteiger partial charge on any atom is 0.328 e. The molecule has 8 heteroatoms. The first-order chi connectivity index (χ1) is 17.5. The lowest BCUT2D eigenvalue weighted by Crippen LogP contribution is -2.30. The average Bonchev–Trinajstić information content (AvgIpc) is 2.92. The van der Waals surface area contributed by atoms with Crippen LogP contribution in [0.1, 0.15) is 5.56 Å². The molecule has 0 spiro atoms. The second-order valence-corrected chi connectivity index (χ2v) is 10.6. The molecule has 0 fully saturated rings. The van der Waals surface area contributed by atoms with Crippen LogP contribution in [-0.4, -0.2) is 20.1 Å². The predicted molar refractivity (Wildman–Crippen MR) is 139 cm³/mol. The van der Waals surface area contributed by atoms with Crippen molar-refractivity contribution >= 4 is 23.3 Å². The highest BCUT2D eigenvalue weighted by atomic mass is 31.2. The number of nitrogens with zero attached hydrogens (tertiary/aromatic N) is 3. The summed E-state index contributed by atoms with van der Waals surface area (Å²) in [5, 5.41) is 10.7. The van der Waals surface area contributed by atoms with Crippen molar-refractivity contribution < 1.29 is 19.1 Å². The second-order valence-electron chi connectivity index (χ2n) is 7.99. The summed E-state index contributed by atoms with van der Waals surface area (Å²) in [6.07, 6.45) is 0. The van der Waals surface area contributed by atoms with Crippen LogP contribution in [0.4, 0.5) is 0 Å². The quantitative estimate of drug-likeness (QED) is 0.314. The maximum absolute atomic E-state index is 14.8. The molecule has 36 heavy (non-hydrogen) atoms. The van der Waals surface area contributed by atoms with Gasteiger partial charge in [0.1, 0.15) is 17.2 Å². The third-order valence-electron chi connectivity index (χ3n) is 5.38. The van der Waals surface area contributed by atoms with E-state index in [1.165, 1.54) is 12.1 Å². The van der Waals surface area contributed by atoms with E-state index in [4.69, 9.17) is 9.47 Å². The van der Waals surface area contributed by atoms with E-state index in [0.717, 1.165) is 5.56 Å². The fourth-order valence-corrected chi connectivity index (χ4v) is 5.94. The third kappa shape index (κ3) is 4.97. The fourth-order valence-electron chi connectivity index (χ4n) is 3.55. The van der Waals surface area contributed by atoms with Crippen molar-refractivity contribution in [2.24, 2.45) is 0 Å². The summed E-state index contributed by atoms with van der Waals surface area (Å²) < 4.78 is 26.6. The highest BCUT2D eigenvalue weighted by Crippen LogP contribution is 2.41. The Morgan fingerprint density at radius 2 is 1.06 bits per heavy atom. The normalized spacial score (nSPS) is 11.1. The van der Waals surface area contributed by atoms with Gasteiger partial charge < -0.3 is 19.1 Å². The van der Waals surface area contributed by atoms with Crippen LogP contribution in [0, 0.1) is 6.92 Å². The van der Waals surface area contributed by atoms with Gasteiger partial charge in [0.05, 0.1) is 0 Å². The number of phenolic OH excluding ortho intramolecular Hbond substituents is 1. The lowest BCUT2D eigenvalue weighted by Gasteiger charge is -2.19. The van der Waals surface area contributed by atoms with Crippen LogP contribution in [-0.2, 0) is 4.57 Å². The average molecular weight is 495 g/mol. The molecule has 0 saturated heterocycles. The Kier molecular flexibility index (Phi) is 6.48. The Morgan fingerprint density at radius 3 is 1.53 bits per heavy atom. The molecule has 0 aliphatic rings. The van der Waals surface area contributed by atoms with Gasteiger partial charge in [-0.3, -0.25) is 0 Å². The number of benzene rings is 4. The summed E-state index contributed by atoms with van der Waals surface area (Å²) in [4.78, 5) is 13.3. The Labute approximate surface area is 208 Å². The van der Waals surface area contributed by atoms with Gasteiger partial charge >= 0.3 is 12.0 Å². The van der Waals surface area contributed by atoms with E-state index in [1.54, 1.807) is 48.5 Å². The van der Waals surface area contributed by atoms with Gasteiger partial charge in [-0.25, -0.2) is 0 Å². The van der Waals surface area contributed by atoms with Crippen molar-refractivity contribution in [1.29, 1.82) is 0 Å². The maximum atomic E-state index is 14.8. The van der Waals surface area contributed by atoms with Crippen molar-refractivity contribution in [1.82, 2.24) is 15.0 Å². The standard InChI is InChI=1S/C28H22N3O4P/c1-20-12-16-22(17-13-20)34-26-29-27(35-23-18-14-21(32)15-19-23)31-28(30-26)36(33,24-8-4-2-5-9-24)25-10-6-3-7-11-25/h2-19,32H,1H3. The summed E-state index contributed by atoms with van der Waals surface area (Å²) in [6.45, 7) is 1.98. The Hall–Kier alpha value is -4.48. The molecule has 0 amide bonds. The monoisotopic (exact) mass is 495 g/mol. The topological polar surface area (TPSA) is 94.4 Å². The number of aromatic hydroxyl groups is 1. The van der Waals surface area contributed by atoms with Crippen LogP contribution in [0.5, 0.6) is 29.3 Å². The summed E-state index contributed by atoms with van der Waals surface area (Å²) in [7, 11) is -3.52. The molecule has 4 aromatic carbocycles. The number of phenols is 1. The minimum Gasteiger partial charge on any atom is -0.508 e. The molecule has 5 rings (SSSR count). The van der Waals surface area contributed by atoms with E-state index < -0.39 is 7.14 Å². The van der Waals surface area contributed by atoms with Gasteiger partial charge in [-0.05, 0) is 43.3 Å². The Bertz CT molecular complexity index is 1400. The zero-order valence-corrected chi connectivity index (χ0v) is 20.2. The minimum absolute atomic E-state index is 0.0331. The first-order valence-electron chi connectivity index (χ1n) is 11.2. The number of rotatable bonds is 7. The molecule has 0 aliphatic heterocycles. The molecule has 178 valence electrons. The number of aryl methyl sites for hydroxylation is 1. The van der Waals surface area contributed by atoms with Crippen LogP contribution >= 0.6 is 7.14 Å². The SMILES string of the molecule is Cc1ccc(Oc2nc(Oc3ccc(O)cc3)nc(P(=O)(c3ccccc3)c3ccccc3)n2)cc1. The molecule has 7 nitrogen and oxygen atoms in total. The second kappa shape index (κ2) is 10.0. The van der Waals surface area contributed by atoms with Crippen molar-refractivity contribution in [3.8, 4) is 29.3 Å². The predicted octanol–water partition coefficient (Wildman–Crippen LogP) is 5.11. The van der Waals surface area contributed by atoms with Crippen LogP contribution in [0.2, 0.25) is 0 Å². The largest absolute Gasteiger partial charge is 0.508 e. The Morgan fingerprint density at radius 1 is 0.611 bits per heavy atom. The zero-order valence-electron chi connectivity index (χ0n) is 19.4. The molecule has 1 N–H and O–H groups in total. The lowest BCUT2D eigenvalue weighted by molar-refractivity contribution is 0.398. The van der Waals surface area contributed by atoms with E-state index in [0.29, 0.717) is 22.1 Å². The highest BCUT2D eigenvalue weighted by molar-refractivity contribution is 7.84. The van der Waals surface area contributed by atoms with Gasteiger partial charge in [0.2, 0.25) is 12.7 Å². The molecule has 0 radical (unpaired) electrons. The molecular weight excluding hydrogens is 473 g/mol. The van der Waals surface area contributed by atoms with Crippen molar-refractivity contribution in [2.75, 3.05) is 0 Å². The zero-order chi connectivity index (χ0) is 25.0. The number of hydrogen-bond donors (Lipinski definition) is 1. The van der Waals surface area contributed by atoms with Crippen LogP contribution < -0.4 is 25.6 Å². The van der Waals surface area contributed by atoms with Crippen LogP contribution in [0.15, 0.2) is 109 Å². The fraction of sp³-hybridized carbons (Fsp3) is 0.0357. The van der Waals surface area contributed by atoms with Gasteiger partial charge in [0.25, 0.3) is 0 Å². The minimum atomic E-state index is -3.52. The highest BCUT2D eigenvalue weighted by Gasteiger charge is 2.34. The first-order valence-corrected chi connectivity index (χ1v) is 12.9. The van der Waals surface area contributed by atoms with E-state index in [1.807, 2.05) is 55.5 Å². The van der Waals surface area contributed by atoms with E-state index in [-0.39, 0.29) is 23.3 Å². The first kappa shape index (κ1) is 23.3. The van der Waals surface area contributed by atoms with Crippen LogP contribution in [0.3, 0.4) is 0 Å². The molecule has 5 aromatic rings. The molecule has 1 aromatic heterocycles. The van der Waals surface area contributed by atoms with E-state index in [2.05, 4.69) is 15.0 Å².